The van der Waals surface area contributed by atoms with E-state index in [9.17, 15) is 14.4 Å². The molecule has 4 heterocycles. The normalized spacial score (nSPS) is 30.4. The van der Waals surface area contributed by atoms with Crippen LogP contribution in [0.5, 0.6) is 0 Å². The topological polar surface area (TPSA) is 74.6 Å². The lowest BCUT2D eigenvalue weighted by Crippen LogP contribution is -2.76. The molecule has 1 aromatic carbocycles. The molecule has 34 heavy (non-hydrogen) atoms. The zero-order valence-corrected chi connectivity index (χ0v) is 21.2. The van der Waals surface area contributed by atoms with Crippen LogP contribution in [0.1, 0.15) is 82.2 Å². The molecule has 0 bridgehead atoms. The number of fused-ring (bicyclic) bond motifs is 5. The van der Waals surface area contributed by atoms with E-state index in [0.29, 0.717) is 25.9 Å². The lowest BCUT2D eigenvalue weighted by Gasteiger charge is -2.60. The number of piperazine rings is 1. The van der Waals surface area contributed by atoms with Gasteiger partial charge in [0.25, 0.3) is 0 Å². The number of hydrogen-bond acceptors (Lipinski definition) is 3. The highest BCUT2D eigenvalue weighted by atomic mass is 16.2. The standard InChI is InChI=1S/C27H36N4O3/c1-16-10-11-19-21(15-16)29(6)23-20(9-7-13-28-18(3)32)31-24(33)26(4)12-8-14-30(26)25(34)27(31,5)17(2)22(19)23/h10-11,15,17,20H,7-9,12-14H2,1-6H3,(H,28,32). The first-order valence-electron chi connectivity index (χ1n) is 12.5. The fourth-order valence-electron chi connectivity index (χ4n) is 6.90. The average Bonchev–Trinajstić information content (AvgIpc) is 3.32. The Hall–Kier alpha value is -2.83. The molecule has 2 aromatic rings. The van der Waals surface area contributed by atoms with Crippen LogP contribution in [-0.2, 0) is 21.4 Å². The number of amides is 3. The second-order valence-corrected chi connectivity index (χ2v) is 10.9. The summed E-state index contributed by atoms with van der Waals surface area (Å²) in [6, 6.07) is 6.27. The fraction of sp³-hybridized carbons (Fsp3) is 0.593. The van der Waals surface area contributed by atoms with Gasteiger partial charge in [-0.2, -0.15) is 0 Å². The van der Waals surface area contributed by atoms with E-state index in [1.54, 1.807) is 0 Å². The molecule has 182 valence electrons. The van der Waals surface area contributed by atoms with Gasteiger partial charge in [0, 0.05) is 49.6 Å². The number of nitrogens with one attached hydrogen (secondary N) is 1. The van der Waals surface area contributed by atoms with E-state index in [1.807, 2.05) is 23.6 Å². The molecule has 0 aliphatic carbocycles. The highest BCUT2D eigenvalue weighted by Gasteiger charge is 2.66. The van der Waals surface area contributed by atoms with E-state index in [1.165, 1.54) is 23.4 Å². The largest absolute Gasteiger partial charge is 0.356 e. The van der Waals surface area contributed by atoms with Crippen molar-refractivity contribution in [2.75, 3.05) is 13.1 Å². The van der Waals surface area contributed by atoms with Crippen LogP contribution in [0.4, 0.5) is 0 Å². The molecule has 2 saturated heterocycles. The van der Waals surface area contributed by atoms with Crippen molar-refractivity contribution in [2.24, 2.45) is 7.05 Å². The minimum absolute atomic E-state index is 0.0544. The summed E-state index contributed by atoms with van der Waals surface area (Å²) in [5.41, 5.74) is 2.93. The summed E-state index contributed by atoms with van der Waals surface area (Å²) in [6.07, 6.45) is 2.98. The molecule has 4 atom stereocenters. The first-order valence-corrected chi connectivity index (χ1v) is 12.5. The molecule has 3 amide bonds. The summed E-state index contributed by atoms with van der Waals surface area (Å²) in [4.78, 5) is 43.7. The Kier molecular flexibility index (Phi) is 5.12. The zero-order chi connectivity index (χ0) is 24.6. The quantitative estimate of drug-likeness (QED) is 0.704. The average molecular weight is 465 g/mol. The Morgan fingerprint density at radius 1 is 1.21 bits per heavy atom. The van der Waals surface area contributed by atoms with Crippen LogP contribution < -0.4 is 5.32 Å². The second-order valence-electron chi connectivity index (χ2n) is 10.9. The Labute approximate surface area is 201 Å². The second kappa shape index (κ2) is 7.59. The van der Waals surface area contributed by atoms with Crippen molar-refractivity contribution in [2.45, 2.75) is 83.3 Å². The number of benzene rings is 1. The molecule has 4 unspecified atom stereocenters. The maximum Gasteiger partial charge on any atom is 0.249 e. The van der Waals surface area contributed by atoms with Crippen molar-refractivity contribution < 1.29 is 14.4 Å². The maximum atomic E-state index is 14.3. The number of rotatable bonds is 4. The van der Waals surface area contributed by atoms with Crippen LogP contribution in [0.3, 0.4) is 0 Å². The molecule has 7 nitrogen and oxygen atoms in total. The lowest BCUT2D eigenvalue weighted by atomic mass is 9.69. The summed E-state index contributed by atoms with van der Waals surface area (Å²) in [5, 5.41) is 4.05. The van der Waals surface area contributed by atoms with Gasteiger partial charge in [-0.3, -0.25) is 14.4 Å². The Balaban J connectivity index is 1.72. The van der Waals surface area contributed by atoms with Crippen molar-refractivity contribution in [3.8, 4) is 0 Å². The third-order valence-electron chi connectivity index (χ3n) is 8.87. The van der Waals surface area contributed by atoms with Crippen LogP contribution in [-0.4, -0.2) is 56.3 Å². The lowest BCUT2D eigenvalue weighted by molar-refractivity contribution is -0.182. The number of hydrogen-bond donors (Lipinski definition) is 1. The molecule has 0 saturated carbocycles. The molecular formula is C27H36N4O3. The molecule has 2 fully saturated rings. The van der Waals surface area contributed by atoms with Crippen LogP contribution in [0, 0.1) is 6.92 Å². The van der Waals surface area contributed by atoms with Crippen LogP contribution in [0.2, 0.25) is 0 Å². The minimum atomic E-state index is -0.939. The van der Waals surface area contributed by atoms with Gasteiger partial charge in [0.15, 0.2) is 0 Å². The SMILES string of the molecule is CC(=O)NCCCC1c2c(c3ccc(C)cc3n2C)C(C)C2(C)C(=O)N3CCCC3(C)C(=O)N12. The van der Waals surface area contributed by atoms with E-state index in [-0.39, 0.29) is 29.7 Å². The van der Waals surface area contributed by atoms with Gasteiger partial charge in [-0.25, -0.2) is 0 Å². The summed E-state index contributed by atoms with van der Waals surface area (Å²) in [7, 11) is 2.08. The highest BCUT2D eigenvalue weighted by molar-refractivity contribution is 6.04. The smallest absolute Gasteiger partial charge is 0.249 e. The minimum Gasteiger partial charge on any atom is -0.356 e. The first-order chi connectivity index (χ1) is 16.0. The third-order valence-corrected chi connectivity index (χ3v) is 8.87. The molecule has 3 aliphatic heterocycles. The number of aryl methyl sites for hydroxylation is 2. The van der Waals surface area contributed by atoms with Gasteiger partial charge in [-0.15, -0.1) is 0 Å². The maximum absolute atomic E-state index is 14.3. The molecular weight excluding hydrogens is 428 g/mol. The Morgan fingerprint density at radius 2 is 1.94 bits per heavy atom. The van der Waals surface area contributed by atoms with Gasteiger partial charge in [0.1, 0.15) is 11.1 Å². The molecule has 7 heteroatoms. The number of carbonyl (C=O) groups excluding carboxylic acids is 3. The number of aromatic nitrogens is 1. The van der Waals surface area contributed by atoms with Gasteiger partial charge in [-0.1, -0.05) is 19.1 Å². The van der Waals surface area contributed by atoms with Gasteiger partial charge in [-0.05, 0) is 63.6 Å². The van der Waals surface area contributed by atoms with Crippen molar-refractivity contribution in [3.63, 3.8) is 0 Å². The van der Waals surface area contributed by atoms with Gasteiger partial charge in [0.2, 0.25) is 17.7 Å². The molecule has 0 spiro atoms. The van der Waals surface area contributed by atoms with Gasteiger partial charge in [0.05, 0.1) is 6.04 Å². The monoisotopic (exact) mass is 464 g/mol. The van der Waals surface area contributed by atoms with Crippen molar-refractivity contribution >= 4 is 28.6 Å². The third kappa shape index (κ3) is 2.85. The fourth-order valence-corrected chi connectivity index (χ4v) is 6.90. The summed E-state index contributed by atoms with van der Waals surface area (Å²) >= 11 is 0. The Morgan fingerprint density at radius 3 is 2.65 bits per heavy atom. The van der Waals surface area contributed by atoms with Crippen molar-refractivity contribution in [3.05, 3.63) is 35.0 Å². The predicted octanol–water partition coefficient (Wildman–Crippen LogP) is 3.54. The first kappa shape index (κ1) is 22.9. The number of carbonyl (C=O) groups is 3. The van der Waals surface area contributed by atoms with Crippen LogP contribution >= 0.6 is 0 Å². The van der Waals surface area contributed by atoms with Crippen LogP contribution in [0.25, 0.3) is 10.9 Å². The summed E-state index contributed by atoms with van der Waals surface area (Å²) < 4.78 is 2.23. The zero-order valence-electron chi connectivity index (χ0n) is 21.2. The summed E-state index contributed by atoms with van der Waals surface area (Å²) in [6.45, 7) is 10.8. The van der Waals surface area contributed by atoms with Gasteiger partial charge < -0.3 is 19.7 Å². The molecule has 3 aliphatic rings. The molecule has 1 N–H and O–H groups in total. The van der Waals surface area contributed by atoms with Crippen molar-refractivity contribution in [1.29, 1.82) is 0 Å². The predicted molar refractivity (Wildman–Crippen MR) is 131 cm³/mol. The van der Waals surface area contributed by atoms with E-state index >= 15 is 0 Å². The van der Waals surface area contributed by atoms with Crippen LogP contribution in [0.15, 0.2) is 18.2 Å². The van der Waals surface area contributed by atoms with Gasteiger partial charge >= 0.3 is 0 Å². The number of nitrogens with zero attached hydrogens (tertiary/aromatic N) is 3. The molecule has 0 radical (unpaired) electrons. The van der Waals surface area contributed by atoms with Crippen molar-refractivity contribution in [1.82, 2.24) is 19.7 Å². The van der Waals surface area contributed by atoms with E-state index in [4.69, 9.17) is 0 Å². The van der Waals surface area contributed by atoms with E-state index in [2.05, 4.69) is 49.0 Å². The molecule has 5 rings (SSSR count). The highest BCUT2D eigenvalue weighted by Crippen LogP contribution is 2.56. The molecule has 1 aromatic heterocycles. The van der Waals surface area contributed by atoms with E-state index in [0.717, 1.165) is 24.1 Å². The van der Waals surface area contributed by atoms with E-state index < -0.39 is 11.1 Å². The Bertz CT molecular complexity index is 1220. The summed E-state index contributed by atoms with van der Waals surface area (Å²) in [5.74, 6) is -0.0555.